The third kappa shape index (κ3) is 2.50. The van der Waals surface area contributed by atoms with E-state index in [0.29, 0.717) is 0 Å². The minimum Gasteiger partial charge on any atom is -0.358 e. The van der Waals surface area contributed by atoms with Crippen molar-refractivity contribution in [1.29, 1.82) is 0 Å². The maximum Gasteiger partial charge on any atom is 0.251 e. The van der Waals surface area contributed by atoms with Crippen molar-refractivity contribution in [1.82, 2.24) is 10.3 Å². The van der Waals surface area contributed by atoms with E-state index in [1.807, 2.05) is 18.2 Å². The summed E-state index contributed by atoms with van der Waals surface area (Å²) >= 11 is 0. The van der Waals surface area contributed by atoms with Crippen LogP contribution in [0.2, 0.25) is 0 Å². The topological polar surface area (TPSA) is 44.9 Å². The van der Waals surface area contributed by atoms with Crippen LogP contribution in [0.25, 0.3) is 10.9 Å². The highest BCUT2D eigenvalue weighted by molar-refractivity contribution is 5.99. The van der Waals surface area contributed by atoms with Crippen LogP contribution in [0.5, 0.6) is 0 Å². The van der Waals surface area contributed by atoms with Gasteiger partial charge in [0.15, 0.2) is 0 Å². The van der Waals surface area contributed by atoms with Crippen LogP contribution in [0.3, 0.4) is 0 Å². The number of aryl methyl sites for hydroxylation is 3. The second-order valence-electron chi connectivity index (χ2n) is 6.75. The first-order chi connectivity index (χ1) is 11.6. The van der Waals surface area contributed by atoms with E-state index >= 15 is 0 Å². The standard InChI is InChI=1S/C21H22N2O/c1-13-14(2)22-20-11-10-16(12-18(13)20)21(24)23-19-9-5-7-15-6-3-4-8-17(15)19/h3-4,6,8,10-12,19,22H,5,7,9H2,1-2H3,(H,23,24). The van der Waals surface area contributed by atoms with E-state index in [4.69, 9.17) is 0 Å². The third-order valence-electron chi connectivity index (χ3n) is 5.25. The van der Waals surface area contributed by atoms with Gasteiger partial charge in [0.2, 0.25) is 0 Å². The van der Waals surface area contributed by atoms with Gasteiger partial charge in [0, 0.05) is 22.2 Å². The summed E-state index contributed by atoms with van der Waals surface area (Å²) in [5, 5.41) is 4.36. The number of nitrogens with one attached hydrogen (secondary N) is 2. The molecule has 0 saturated heterocycles. The lowest BCUT2D eigenvalue weighted by Gasteiger charge is -2.26. The van der Waals surface area contributed by atoms with Crippen LogP contribution in [-0.4, -0.2) is 10.9 Å². The third-order valence-corrected chi connectivity index (χ3v) is 5.25. The lowest BCUT2D eigenvalue weighted by Crippen LogP contribution is -2.30. The molecule has 1 aliphatic carbocycles. The van der Waals surface area contributed by atoms with E-state index in [9.17, 15) is 4.79 Å². The number of hydrogen-bond acceptors (Lipinski definition) is 1. The Hall–Kier alpha value is -2.55. The van der Waals surface area contributed by atoms with Crippen molar-refractivity contribution >= 4 is 16.8 Å². The van der Waals surface area contributed by atoms with Gasteiger partial charge < -0.3 is 10.3 Å². The summed E-state index contributed by atoms with van der Waals surface area (Å²) < 4.78 is 0. The number of aromatic amines is 1. The van der Waals surface area contributed by atoms with Crippen LogP contribution >= 0.6 is 0 Å². The van der Waals surface area contributed by atoms with Crippen LogP contribution in [0.15, 0.2) is 42.5 Å². The smallest absolute Gasteiger partial charge is 0.251 e. The molecule has 24 heavy (non-hydrogen) atoms. The Kier molecular flexibility index (Phi) is 3.64. The van der Waals surface area contributed by atoms with Gasteiger partial charge in [-0.1, -0.05) is 24.3 Å². The molecule has 1 aliphatic rings. The molecule has 122 valence electrons. The maximum absolute atomic E-state index is 12.8. The van der Waals surface area contributed by atoms with E-state index in [1.54, 1.807) is 0 Å². The molecule has 0 bridgehead atoms. The fourth-order valence-electron chi connectivity index (χ4n) is 3.75. The zero-order chi connectivity index (χ0) is 16.7. The van der Waals surface area contributed by atoms with Crippen LogP contribution in [0.4, 0.5) is 0 Å². The van der Waals surface area contributed by atoms with Gasteiger partial charge in [-0.25, -0.2) is 0 Å². The number of carbonyl (C=O) groups is 1. The Morgan fingerprint density at radius 3 is 2.88 bits per heavy atom. The van der Waals surface area contributed by atoms with E-state index in [-0.39, 0.29) is 11.9 Å². The lowest BCUT2D eigenvalue weighted by atomic mass is 9.87. The van der Waals surface area contributed by atoms with Gasteiger partial charge >= 0.3 is 0 Å². The summed E-state index contributed by atoms with van der Waals surface area (Å²) in [7, 11) is 0. The predicted molar refractivity (Wildman–Crippen MR) is 97.4 cm³/mol. The molecule has 0 aliphatic heterocycles. The normalized spacial score (nSPS) is 16.8. The van der Waals surface area contributed by atoms with Gasteiger partial charge in [-0.2, -0.15) is 0 Å². The summed E-state index contributed by atoms with van der Waals surface area (Å²) in [6, 6.07) is 14.5. The quantitative estimate of drug-likeness (QED) is 0.713. The van der Waals surface area contributed by atoms with Gasteiger partial charge in [0.25, 0.3) is 5.91 Å². The van der Waals surface area contributed by atoms with Crippen molar-refractivity contribution in [2.45, 2.75) is 39.2 Å². The summed E-state index contributed by atoms with van der Waals surface area (Å²) in [6.07, 6.45) is 3.24. The molecule has 3 aromatic rings. The highest BCUT2D eigenvalue weighted by Gasteiger charge is 2.22. The molecule has 2 aromatic carbocycles. The molecule has 1 heterocycles. The monoisotopic (exact) mass is 318 g/mol. The summed E-state index contributed by atoms with van der Waals surface area (Å²) in [6.45, 7) is 4.15. The molecule has 3 nitrogen and oxygen atoms in total. The number of hydrogen-bond donors (Lipinski definition) is 2. The number of carbonyl (C=O) groups excluding carboxylic acids is 1. The lowest BCUT2D eigenvalue weighted by molar-refractivity contribution is 0.0933. The van der Waals surface area contributed by atoms with Gasteiger partial charge in [0.05, 0.1) is 6.04 Å². The van der Waals surface area contributed by atoms with Gasteiger partial charge in [-0.15, -0.1) is 0 Å². The zero-order valence-corrected chi connectivity index (χ0v) is 14.1. The number of benzene rings is 2. The minimum atomic E-state index is 0.0110. The number of aromatic nitrogens is 1. The van der Waals surface area contributed by atoms with Crippen molar-refractivity contribution in [2.75, 3.05) is 0 Å². The van der Waals surface area contributed by atoms with Crippen LogP contribution < -0.4 is 5.32 Å². The molecule has 3 heteroatoms. The average Bonchev–Trinajstić information content (AvgIpc) is 2.89. The molecule has 0 fully saturated rings. The highest BCUT2D eigenvalue weighted by atomic mass is 16.1. The number of fused-ring (bicyclic) bond motifs is 2. The molecule has 1 unspecified atom stereocenters. The highest BCUT2D eigenvalue weighted by Crippen LogP contribution is 2.30. The average molecular weight is 318 g/mol. The van der Waals surface area contributed by atoms with Crippen molar-refractivity contribution in [2.24, 2.45) is 0 Å². The first-order valence-corrected chi connectivity index (χ1v) is 8.61. The van der Waals surface area contributed by atoms with Crippen molar-refractivity contribution in [3.05, 3.63) is 70.4 Å². The zero-order valence-electron chi connectivity index (χ0n) is 14.1. The fraction of sp³-hybridized carbons (Fsp3) is 0.286. The molecule has 1 aromatic heterocycles. The Bertz CT molecular complexity index is 923. The second kappa shape index (κ2) is 5.82. The molecule has 1 atom stereocenters. The number of amides is 1. The summed E-state index contributed by atoms with van der Waals surface area (Å²) in [5.74, 6) is 0.0110. The van der Waals surface area contributed by atoms with Crippen LogP contribution in [-0.2, 0) is 6.42 Å². The number of H-pyrrole nitrogens is 1. The molecular weight excluding hydrogens is 296 g/mol. The van der Waals surface area contributed by atoms with E-state index in [2.05, 4.69) is 48.4 Å². The summed E-state index contributed by atoms with van der Waals surface area (Å²) in [4.78, 5) is 16.1. The maximum atomic E-state index is 12.8. The van der Waals surface area contributed by atoms with Gasteiger partial charge in [-0.3, -0.25) is 4.79 Å². The van der Waals surface area contributed by atoms with Crippen LogP contribution in [0, 0.1) is 13.8 Å². The van der Waals surface area contributed by atoms with Crippen molar-refractivity contribution in [3.8, 4) is 0 Å². The Morgan fingerprint density at radius 1 is 1.17 bits per heavy atom. The number of rotatable bonds is 2. The molecule has 0 saturated carbocycles. The fourth-order valence-corrected chi connectivity index (χ4v) is 3.75. The Morgan fingerprint density at radius 2 is 2.00 bits per heavy atom. The Balaban J connectivity index is 1.62. The largest absolute Gasteiger partial charge is 0.358 e. The molecule has 4 rings (SSSR count). The van der Waals surface area contributed by atoms with Crippen molar-refractivity contribution in [3.63, 3.8) is 0 Å². The first-order valence-electron chi connectivity index (χ1n) is 8.61. The SMILES string of the molecule is Cc1[nH]c2ccc(C(=O)NC3CCCc4ccccc43)cc2c1C. The minimum absolute atomic E-state index is 0.0110. The molecule has 0 spiro atoms. The van der Waals surface area contributed by atoms with Crippen LogP contribution in [0.1, 0.15) is 51.6 Å². The van der Waals surface area contributed by atoms with Gasteiger partial charge in [0.1, 0.15) is 0 Å². The van der Waals surface area contributed by atoms with Crippen molar-refractivity contribution < 1.29 is 4.79 Å². The summed E-state index contributed by atoms with van der Waals surface area (Å²) in [5.41, 5.74) is 6.82. The van der Waals surface area contributed by atoms with E-state index in [0.717, 1.165) is 41.4 Å². The Labute approximate surface area is 142 Å². The molecule has 1 amide bonds. The van der Waals surface area contributed by atoms with Gasteiger partial charge in [-0.05, 0) is 68.0 Å². The van der Waals surface area contributed by atoms with E-state index in [1.165, 1.54) is 16.7 Å². The second-order valence-corrected chi connectivity index (χ2v) is 6.75. The first kappa shape index (κ1) is 15.0. The molecular formula is C21H22N2O. The molecule has 0 radical (unpaired) electrons. The predicted octanol–water partition coefficient (Wildman–Crippen LogP) is 4.59. The van der Waals surface area contributed by atoms with E-state index < -0.39 is 0 Å². The molecule has 2 N–H and O–H groups in total.